The minimum Gasteiger partial charge on any atom is -0.380 e. The summed E-state index contributed by atoms with van der Waals surface area (Å²) in [5, 5.41) is 6.49. The van der Waals surface area contributed by atoms with Crippen molar-refractivity contribution in [1.29, 1.82) is 0 Å². The molecule has 0 fully saturated rings. The van der Waals surface area contributed by atoms with Gasteiger partial charge in [-0.05, 0) is 31.5 Å². The molecule has 0 bridgehead atoms. The van der Waals surface area contributed by atoms with Crippen molar-refractivity contribution < 1.29 is 13.9 Å². The largest absolute Gasteiger partial charge is 0.380 e. The Hall–Kier alpha value is -2.25. The van der Waals surface area contributed by atoms with Gasteiger partial charge in [-0.3, -0.25) is 4.79 Å². The van der Waals surface area contributed by atoms with E-state index in [1.54, 1.807) is 26.2 Å². The molecule has 0 aliphatic heterocycles. The second-order valence-corrected chi connectivity index (χ2v) is 6.01. The number of carbonyl (C=O) groups excluding carboxylic acids is 1. The summed E-state index contributed by atoms with van der Waals surface area (Å²) in [6, 6.07) is 5.96. The van der Waals surface area contributed by atoms with Gasteiger partial charge in [0.15, 0.2) is 0 Å². The highest BCUT2D eigenvalue weighted by molar-refractivity contribution is 6.02. The normalized spacial score (nSPS) is 13.5. The number of aromatic nitrogens is 1. The predicted octanol–water partition coefficient (Wildman–Crippen LogP) is 2.64. The van der Waals surface area contributed by atoms with Crippen LogP contribution in [0.2, 0.25) is 0 Å². The van der Waals surface area contributed by atoms with Crippen molar-refractivity contribution in [3.63, 3.8) is 0 Å². The molecule has 2 aromatic rings. The quantitative estimate of drug-likeness (QED) is 0.638. The zero-order valence-corrected chi connectivity index (χ0v) is 14.8. The summed E-state index contributed by atoms with van der Waals surface area (Å²) >= 11 is 0. The molecular weight excluding hydrogens is 323 g/mol. The van der Waals surface area contributed by atoms with Crippen LogP contribution in [0.5, 0.6) is 0 Å². The second kappa shape index (κ2) is 8.73. The van der Waals surface area contributed by atoms with Crippen LogP contribution in [-0.4, -0.2) is 36.8 Å². The van der Waals surface area contributed by atoms with Gasteiger partial charge in [0.1, 0.15) is 11.6 Å². The Morgan fingerprint density at radius 3 is 2.80 bits per heavy atom. The molecule has 0 saturated heterocycles. The molecule has 0 aliphatic carbocycles. The number of carbonyl (C=O) groups is 1. The van der Waals surface area contributed by atoms with Crippen LogP contribution in [0.3, 0.4) is 0 Å². The third-order valence-electron chi connectivity index (χ3n) is 3.82. The number of fused-ring (bicyclic) bond motifs is 1. The number of anilines is 1. The Balaban J connectivity index is 2.37. The maximum atomic E-state index is 13.5. The van der Waals surface area contributed by atoms with Crippen molar-refractivity contribution in [2.45, 2.75) is 39.0 Å². The first-order valence-electron chi connectivity index (χ1n) is 8.38. The molecule has 1 aromatic heterocycles. The highest BCUT2D eigenvalue weighted by Gasteiger charge is 2.17. The molecule has 136 valence electrons. The summed E-state index contributed by atoms with van der Waals surface area (Å²) < 4.78 is 18.9. The number of rotatable bonds is 8. The van der Waals surface area contributed by atoms with Gasteiger partial charge in [0.2, 0.25) is 0 Å². The Morgan fingerprint density at radius 2 is 2.16 bits per heavy atom. The third-order valence-corrected chi connectivity index (χ3v) is 3.82. The summed E-state index contributed by atoms with van der Waals surface area (Å²) in [5.74, 6) is -0.324. The van der Waals surface area contributed by atoms with Crippen LogP contribution < -0.4 is 16.4 Å². The lowest BCUT2D eigenvalue weighted by atomic mass is 10.1. The van der Waals surface area contributed by atoms with Gasteiger partial charge in [0.05, 0.1) is 23.3 Å². The smallest absolute Gasteiger partial charge is 0.256 e. The van der Waals surface area contributed by atoms with Crippen LogP contribution in [0.15, 0.2) is 24.3 Å². The fourth-order valence-electron chi connectivity index (χ4n) is 2.57. The maximum absolute atomic E-state index is 13.5. The van der Waals surface area contributed by atoms with Gasteiger partial charge < -0.3 is 21.1 Å². The lowest BCUT2D eigenvalue weighted by molar-refractivity contribution is 0.0940. The Morgan fingerprint density at radius 1 is 1.40 bits per heavy atom. The molecule has 0 radical (unpaired) electrons. The first kappa shape index (κ1) is 19.1. The number of amides is 1. The van der Waals surface area contributed by atoms with Crippen LogP contribution in [0.4, 0.5) is 10.2 Å². The number of nitrogens with zero attached hydrogens (tertiary/aromatic N) is 1. The zero-order chi connectivity index (χ0) is 18.4. The Bertz CT molecular complexity index is 736. The lowest BCUT2D eigenvalue weighted by Crippen LogP contribution is -2.39. The van der Waals surface area contributed by atoms with Crippen LogP contribution in [-0.2, 0) is 4.74 Å². The highest BCUT2D eigenvalue weighted by atomic mass is 19.1. The molecular formula is C18H25FN4O2. The van der Waals surface area contributed by atoms with Gasteiger partial charge in [-0.2, -0.15) is 0 Å². The average Bonchev–Trinajstić information content (AvgIpc) is 2.57. The van der Waals surface area contributed by atoms with Gasteiger partial charge in [-0.15, -0.1) is 0 Å². The average molecular weight is 348 g/mol. The number of pyridine rings is 1. The number of hydrogen-bond donors (Lipinski definition) is 3. The molecule has 4 N–H and O–H groups in total. The standard InChI is InChI=1S/C18H25FN4O2/c1-4-5-14(25-3)10-21-17-15(18(24)22-11(2)20)8-12-6-7-13(19)9-16(12)23-17/h6-9,11,14H,4-5,10,20H2,1-3H3,(H,21,23)(H,22,24). The van der Waals surface area contributed by atoms with Crippen molar-refractivity contribution >= 4 is 22.6 Å². The molecule has 1 heterocycles. The van der Waals surface area contributed by atoms with Crippen LogP contribution in [0.1, 0.15) is 37.0 Å². The van der Waals surface area contributed by atoms with E-state index in [-0.39, 0.29) is 17.8 Å². The topological polar surface area (TPSA) is 89.3 Å². The molecule has 7 heteroatoms. The van der Waals surface area contributed by atoms with Crippen molar-refractivity contribution in [1.82, 2.24) is 10.3 Å². The summed E-state index contributed by atoms with van der Waals surface area (Å²) in [7, 11) is 1.65. The molecule has 0 saturated carbocycles. The van der Waals surface area contributed by atoms with E-state index < -0.39 is 6.17 Å². The van der Waals surface area contributed by atoms with Gasteiger partial charge in [0.25, 0.3) is 5.91 Å². The maximum Gasteiger partial charge on any atom is 0.256 e. The van der Waals surface area contributed by atoms with Gasteiger partial charge in [-0.25, -0.2) is 9.37 Å². The molecule has 0 aliphatic rings. The summed E-state index contributed by atoms with van der Waals surface area (Å²) in [5.41, 5.74) is 6.49. The fraction of sp³-hybridized carbons (Fsp3) is 0.444. The molecule has 2 unspecified atom stereocenters. The SMILES string of the molecule is CCCC(CNc1nc2cc(F)ccc2cc1C(=O)NC(C)N)OC. The Kier molecular flexibility index (Phi) is 6.66. The number of ether oxygens (including phenoxy) is 1. The highest BCUT2D eigenvalue weighted by Crippen LogP contribution is 2.22. The van der Waals surface area contributed by atoms with E-state index in [0.717, 1.165) is 12.8 Å². The molecule has 0 spiro atoms. The minimum atomic E-state index is -0.490. The summed E-state index contributed by atoms with van der Waals surface area (Å²) in [6.07, 6.45) is 1.37. The summed E-state index contributed by atoms with van der Waals surface area (Å²) in [6.45, 7) is 4.25. The molecule has 2 rings (SSSR count). The minimum absolute atomic E-state index is 0.000602. The van der Waals surface area contributed by atoms with Gasteiger partial charge in [-0.1, -0.05) is 13.3 Å². The van der Waals surface area contributed by atoms with Crippen LogP contribution in [0, 0.1) is 5.82 Å². The first-order valence-corrected chi connectivity index (χ1v) is 8.38. The second-order valence-electron chi connectivity index (χ2n) is 6.01. The third kappa shape index (κ3) is 5.11. The summed E-state index contributed by atoms with van der Waals surface area (Å²) in [4.78, 5) is 16.9. The fourth-order valence-corrected chi connectivity index (χ4v) is 2.57. The number of nitrogens with one attached hydrogen (secondary N) is 2. The molecule has 1 aromatic carbocycles. The predicted molar refractivity (Wildman–Crippen MR) is 97.0 cm³/mol. The van der Waals surface area contributed by atoms with E-state index >= 15 is 0 Å². The molecule has 2 atom stereocenters. The van der Waals surface area contributed by atoms with E-state index in [2.05, 4.69) is 22.5 Å². The molecule has 6 nitrogen and oxygen atoms in total. The van der Waals surface area contributed by atoms with Crippen LogP contribution in [0.25, 0.3) is 10.9 Å². The van der Waals surface area contributed by atoms with E-state index in [1.165, 1.54) is 12.1 Å². The van der Waals surface area contributed by atoms with Crippen molar-refractivity contribution in [3.8, 4) is 0 Å². The lowest BCUT2D eigenvalue weighted by Gasteiger charge is -2.18. The van der Waals surface area contributed by atoms with E-state index in [1.807, 2.05) is 0 Å². The number of halogens is 1. The van der Waals surface area contributed by atoms with E-state index in [0.29, 0.717) is 28.8 Å². The Labute approximate surface area is 146 Å². The van der Waals surface area contributed by atoms with Gasteiger partial charge >= 0.3 is 0 Å². The molecule has 1 amide bonds. The number of nitrogens with two attached hydrogens (primary N) is 1. The number of methoxy groups -OCH3 is 1. The number of hydrogen-bond acceptors (Lipinski definition) is 5. The van der Waals surface area contributed by atoms with Crippen molar-refractivity contribution in [3.05, 3.63) is 35.6 Å². The van der Waals surface area contributed by atoms with Crippen molar-refractivity contribution in [2.75, 3.05) is 19.0 Å². The van der Waals surface area contributed by atoms with E-state index in [4.69, 9.17) is 10.5 Å². The van der Waals surface area contributed by atoms with Gasteiger partial charge in [0, 0.05) is 25.1 Å². The van der Waals surface area contributed by atoms with E-state index in [9.17, 15) is 9.18 Å². The monoisotopic (exact) mass is 348 g/mol. The van der Waals surface area contributed by atoms with Crippen molar-refractivity contribution in [2.24, 2.45) is 5.73 Å². The number of benzene rings is 1. The zero-order valence-electron chi connectivity index (χ0n) is 14.8. The first-order chi connectivity index (χ1) is 11.9. The molecule has 25 heavy (non-hydrogen) atoms. The van der Waals surface area contributed by atoms with Crippen LogP contribution >= 0.6 is 0 Å².